The number of nitrogens with one attached hydrogen (secondary N) is 1. The zero-order valence-electron chi connectivity index (χ0n) is 12.6. The van der Waals surface area contributed by atoms with Crippen LogP contribution in [0.15, 0.2) is 42.5 Å². The van der Waals surface area contributed by atoms with E-state index < -0.39 is 5.97 Å². The van der Waals surface area contributed by atoms with Gasteiger partial charge in [0.2, 0.25) is 5.91 Å². The fourth-order valence-corrected chi connectivity index (χ4v) is 2.79. The summed E-state index contributed by atoms with van der Waals surface area (Å²) in [4.78, 5) is 25.5. The molecule has 124 valence electrons. The first-order valence-corrected chi connectivity index (χ1v) is 8.04. The zero-order chi connectivity index (χ0) is 17.1. The van der Waals surface area contributed by atoms with Gasteiger partial charge in [-0.25, -0.2) is 4.79 Å². The Balaban J connectivity index is 1.67. The molecular formula is C17H14Cl2N2O3. The van der Waals surface area contributed by atoms with Gasteiger partial charge >= 0.3 is 5.97 Å². The Labute approximate surface area is 149 Å². The average molecular weight is 365 g/mol. The number of rotatable bonds is 4. The van der Waals surface area contributed by atoms with Gasteiger partial charge in [-0.2, -0.15) is 0 Å². The minimum absolute atomic E-state index is 0.00709. The highest BCUT2D eigenvalue weighted by molar-refractivity contribution is 6.31. The fraction of sp³-hybridized carbons (Fsp3) is 0.176. The topological polar surface area (TPSA) is 58.6 Å². The van der Waals surface area contributed by atoms with Crippen LogP contribution in [-0.2, 0) is 16.1 Å². The van der Waals surface area contributed by atoms with Crippen LogP contribution in [0.2, 0.25) is 10.0 Å². The second-order valence-corrected chi connectivity index (χ2v) is 6.15. The number of fused-ring (bicyclic) bond motifs is 1. The number of nitrogens with zero attached hydrogens (tertiary/aromatic N) is 1. The third-order valence-corrected chi connectivity index (χ3v) is 4.18. The molecule has 1 aliphatic rings. The van der Waals surface area contributed by atoms with E-state index >= 15 is 0 Å². The number of amides is 1. The molecule has 2 aromatic rings. The fourth-order valence-electron chi connectivity index (χ4n) is 2.43. The van der Waals surface area contributed by atoms with Crippen LogP contribution in [0.25, 0.3) is 0 Å². The third kappa shape index (κ3) is 3.80. The summed E-state index contributed by atoms with van der Waals surface area (Å²) in [6.07, 6.45) is 0. The maximum absolute atomic E-state index is 12.2. The van der Waals surface area contributed by atoms with E-state index in [4.69, 9.17) is 27.9 Å². The van der Waals surface area contributed by atoms with Crippen molar-refractivity contribution >= 4 is 40.8 Å². The highest BCUT2D eigenvalue weighted by Crippen LogP contribution is 2.34. The molecule has 0 saturated heterocycles. The van der Waals surface area contributed by atoms with E-state index in [2.05, 4.69) is 5.32 Å². The molecule has 1 N–H and O–H groups in total. The number of anilines is 1. The number of hydrogen-bond acceptors (Lipinski definition) is 4. The summed E-state index contributed by atoms with van der Waals surface area (Å²) in [6.45, 7) is 0.332. The van der Waals surface area contributed by atoms with E-state index in [9.17, 15) is 9.59 Å². The van der Waals surface area contributed by atoms with Gasteiger partial charge in [-0.05, 0) is 29.8 Å². The van der Waals surface area contributed by atoms with E-state index in [1.807, 2.05) is 18.2 Å². The van der Waals surface area contributed by atoms with Gasteiger partial charge in [-0.3, -0.25) is 4.79 Å². The van der Waals surface area contributed by atoms with Gasteiger partial charge in [0, 0.05) is 16.6 Å². The minimum Gasteiger partial charge on any atom is -0.423 e. The number of benzene rings is 2. The van der Waals surface area contributed by atoms with Gasteiger partial charge < -0.3 is 15.0 Å². The lowest BCUT2D eigenvalue weighted by atomic mass is 10.2. The third-order valence-electron chi connectivity index (χ3n) is 3.57. The molecule has 0 aromatic heterocycles. The summed E-state index contributed by atoms with van der Waals surface area (Å²) in [7, 11) is 0. The molecule has 7 heteroatoms. The molecule has 2 aromatic carbocycles. The monoisotopic (exact) mass is 364 g/mol. The smallest absolute Gasteiger partial charge is 0.331 e. The van der Waals surface area contributed by atoms with Gasteiger partial charge in [0.25, 0.3) is 0 Å². The van der Waals surface area contributed by atoms with Gasteiger partial charge in [0.15, 0.2) is 5.75 Å². The summed E-state index contributed by atoms with van der Waals surface area (Å²) in [6, 6.07) is 12.2. The van der Waals surface area contributed by atoms with Crippen molar-refractivity contribution < 1.29 is 14.3 Å². The van der Waals surface area contributed by atoms with Crippen molar-refractivity contribution in [2.24, 2.45) is 0 Å². The lowest BCUT2D eigenvalue weighted by Gasteiger charge is -2.29. The maximum atomic E-state index is 12.2. The van der Waals surface area contributed by atoms with Crippen molar-refractivity contribution in [1.82, 2.24) is 5.32 Å². The second kappa shape index (κ2) is 7.11. The Kier molecular flexibility index (Phi) is 4.92. The van der Waals surface area contributed by atoms with Crippen molar-refractivity contribution in [3.05, 3.63) is 58.1 Å². The molecule has 1 heterocycles. The molecule has 0 saturated carbocycles. The van der Waals surface area contributed by atoms with E-state index in [1.54, 1.807) is 29.2 Å². The summed E-state index contributed by atoms with van der Waals surface area (Å²) < 4.78 is 5.16. The van der Waals surface area contributed by atoms with Crippen LogP contribution in [0.3, 0.4) is 0 Å². The van der Waals surface area contributed by atoms with Crippen molar-refractivity contribution in [3.63, 3.8) is 0 Å². The van der Waals surface area contributed by atoms with Crippen molar-refractivity contribution in [1.29, 1.82) is 0 Å². The van der Waals surface area contributed by atoms with Crippen LogP contribution < -0.4 is 15.0 Å². The molecule has 0 unspecified atom stereocenters. The van der Waals surface area contributed by atoms with Crippen LogP contribution in [0.4, 0.5) is 5.69 Å². The molecule has 0 bridgehead atoms. The maximum Gasteiger partial charge on any atom is 0.331 e. The first kappa shape index (κ1) is 16.6. The van der Waals surface area contributed by atoms with E-state index in [-0.39, 0.29) is 19.0 Å². The number of halogens is 2. The molecule has 3 rings (SSSR count). The van der Waals surface area contributed by atoms with Gasteiger partial charge in [0.05, 0.1) is 12.2 Å². The van der Waals surface area contributed by atoms with Gasteiger partial charge in [-0.1, -0.05) is 41.4 Å². The second-order valence-electron chi connectivity index (χ2n) is 5.31. The van der Waals surface area contributed by atoms with Crippen LogP contribution in [0.1, 0.15) is 5.56 Å². The molecule has 0 atom stereocenters. The summed E-state index contributed by atoms with van der Waals surface area (Å²) >= 11 is 12.1. The highest BCUT2D eigenvalue weighted by atomic mass is 35.5. The number of ether oxygens (including phenoxy) is 1. The minimum atomic E-state index is -0.413. The molecule has 1 amide bonds. The summed E-state index contributed by atoms with van der Waals surface area (Å²) in [5.41, 5.74) is 1.45. The zero-order valence-corrected chi connectivity index (χ0v) is 14.1. The lowest BCUT2D eigenvalue weighted by Crippen LogP contribution is -2.43. The van der Waals surface area contributed by atoms with E-state index in [0.717, 1.165) is 5.56 Å². The summed E-state index contributed by atoms with van der Waals surface area (Å²) in [5.74, 6) is -0.242. The van der Waals surface area contributed by atoms with E-state index in [1.165, 1.54) is 0 Å². The quantitative estimate of drug-likeness (QED) is 0.669. The molecule has 0 aliphatic carbocycles. The standard InChI is InChI=1S/C17H14Cl2N2O3/c18-12-5-6-15-14(7-12)21(10-17(23)24-15)9-16(22)20-8-11-3-1-2-4-13(11)19/h1-7H,8-10H2,(H,20,22). The van der Waals surface area contributed by atoms with Gasteiger partial charge in [0.1, 0.15) is 6.54 Å². The van der Waals surface area contributed by atoms with Crippen molar-refractivity contribution in [3.8, 4) is 5.75 Å². The number of esters is 1. The Hall–Kier alpha value is -2.24. The molecule has 1 aliphatic heterocycles. The molecule has 0 spiro atoms. The molecule has 5 nitrogen and oxygen atoms in total. The normalized spacial score (nSPS) is 13.2. The molecule has 0 radical (unpaired) electrons. The molecule has 0 fully saturated rings. The van der Waals surface area contributed by atoms with Crippen molar-refractivity contribution in [2.75, 3.05) is 18.0 Å². The predicted molar refractivity (Wildman–Crippen MR) is 92.6 cm³/mol. The Morgan fingerprint density at radius 3 is 2.79 bits per heavy atom. The lowest BCUT2D eigenvalue weighted by molar-refractivity contribution is -0.133. The van der Waals surface area contributed by atoms with Crippen LogP contribution in [0, 0.1) is 0 Å². The van der Waals surface area contributed by atoms with Crippen molar-refractivity contribution in [2.45, 2.75) is 6.54 Å². The highest BCUT2D eigenvalue weighted by Gasteiger charge is 2.25. The number of carbonyl (C=O) groups excluding carboxylic acids is 2. The first-order valence-electron chi connectivity index (χ1n) is 7.28. The molecule has 24 heavy (non-hydrogen) atoms. The van der Waals surface area contributed by atoms with Crippen LogP contribution in [0.5, 0.6) is 5.75 Å². The van der Waals surface area contributed by atoms with Gasteiger partial charge in [-0.15, -0.1) is 0 Å². The Bertz CT molecular complexity index is 795. The molecular weight excluding hydrogens is 351 g/mol. The van der Waals surface area contributed by atoms with Crippen LogP contribution in [-0.4, -0.2) is 25.0 Å². The van der Waals surface area contributed by atoms with Crippen LogP contribution >= 0.6 is 23.2 Å². The average Bonchev–Trinajstić information content (AvgIpc) is 2.55. The first-order chi connectivity index (χ1) is 11.5. The number of carbonyl (C=O) groups is 2. The van der Waals surface area contributed by atoms with E-state index in [0.29, 0.717) is 28.0 Å². The Morgan fingerprint density at radius 1 is 1.21 bits per heavy atom. The predicted octanol–water partition coefficient (Wildman–Crippen LogP) is 3.04. The largest absolute Gasteiger partial charge is 0.423 e. The summed E-state index contributed by atoms with van der Waals surface area (Å²) in [5, 5.41) is 3.90. The Morgan fingerprint density at radius 2 is 2.00 bits per heavy atom. The SMILES string of the molecule is O=C(CN1CC(=O)Oc2ccc(Cl)cc21)NCc1ccccc1Cl. The number of hydrogen-bond donors (Lipinski definition) is 1.